The smallest absolute Gasteiger partial charge is 0.340 e. The number of carbonyl (C=O) groups is 1. The van der Waals surface area contributed by atoms with E-state index in [9.17, 15) is 9.18 Å². The Labute approximate surface area is 172 Å². The standard InChI is InChI=1S/C19H21Cl2FN2O2S/c1-3-27-10-11(2)26-19(25)13-8-17(15(22)9-14(13)20)24-18(21)12-6-4-5-7-16(12)23-24/h8-9,11H,3-7,10H2,1-2H3. The topological polar surface area (TPSA) is 44.1 Å². The van der Waals surface area contributed by atoms with Crippen LogP contribution in [0.4, 0.5) is 4.39 Å². The van der Waals surface area contributed by atoms with Crippen LogP contribution >= 0.6 is 35.0 Å². The molecule has 0 bridgehead atoms. The highest BCUT2D eigenvalue weighted by atomic mass is 35.5. The molecule has 0 saturated carbocycles. The summed E-state index contributed by atoms with van der Waals surface area (Å²) in [5, 5.41) is 4.85. The Kier molecular flexibility index (Phi) is 6.71. The number of halogens is 3. The number of fused-ring (bicyclic) bond motifs is 1. The maximum atomic E-state index is 14.6. The van der Waals surface area contributed by atoms with E-state index in [2.05, 4.69) is 5.10 Å². The molecule has 1 aromatic carbocycles. The molecule has 0 aliphatic heterocycles. The minimum atomic E-state index is -0.590. The molecule has 3 rings (SSSR count). The summed E-state index contributed by atoms with van der Waals surface area (Å²) < 4.78 is 21.4. The number of hydrogen-bond acceptors (Lipinski definition) is 4. The quantitative estimate of drug-likeness (QED) is 0.567. The second-order valence-electron chi connectivity index (χ2n) is 6.49. The van der Waals surface area contributed by atoms with Gasteiger partial charge >= 0.3 is 5.97 Å². The van der Waals surface area contributed by atoms with E-state index >= 15 is 0 Å². The van der Waals surface area contributed by atoms with E-state index in [4.69, 9.17) is 27.9 Å². The fourth-order valence-corrected chi connectivity index (χ4v) is 4.29. The van der Waals surface area contributed by atoms with Crippen molar-refractivity contribution < 1.29 is 13.9 Å². The van der Waals surface area contributed by atoms with Crippen LogP contribution in [0.3, 0.4) is 0 Å². The Hall–Kier alpha value is -1.24. The number of ether oxygens (including phenoxy) is 1. The molecule has 0 N–H and O–H groups in total. The zero-order valence-electron chi connectivity index (χ0n) is 15.2. The first kappa shape index (κ1) is 20.5. The van der Waals surface area contributed by atoms with Crippen LogP contribution in [0, 0.1) is 5.82 Å². The van der Waals surface area contributed by atoms with Crippen LogP contribution in [0.5, 0.6) is 0 Å². The van der Waals surface area contributed by atoms with Gasteiger partial charge in [-0.15, -0.1) is 0 Å². The van der Waals surface area contributed by atoms with Crippen molar-refractivity contribution in [2.75, 3.05) is 11.5 Å². The molecule has 1 unspecified atom stereocenters. The third kappa shape index (κ3) is 4.44. The number of benzene rings is 1. The van der Waals surface area contributed by atoms with E-state index in [1.165, 1.54) is 10.7 Å². The maximum Gasteiger partial charge on any atom is 0.340 e. The van der Waals surface area contributed by atoms with Crippen LogP contribution in [0.25, 0.3) is 5.69 Å². The van der Waals surface area contributed by atoms with Gasteiger partial charge in [0, 0.05) is 11.3 Å². The first-order valence-corrected chi connectivity index (χ1v) is 10.9. The number of carbonyl (C=O) groups excluding carboxylic acids is 1. The fourth-order valence-electron chi connectivity index (χ4n) is 3.09. The summed E-state index contributed by atoms with van der Waals surface area (Å²) >= 11 is 14.2. The van der Waals surface area contributed by atoms with Gasteiger partial charge in [-0.1, -0.05) is 30.1 Å². The lowest BCUT2D eigenvalue weighted by Gasteiger charge is -2.14. The van der Waals surface area contributed by atoms with Crippen LogP contribution in [-0.4, -0.2) is 33.4 Å². The van der Waals surface area contributed by atoms with E-state index in [1.807, 2.05) is 13.8 Å². The summed E-state index contributed by atoms with van der Waals surface area (Å²) in [6.45, 7) is 3.85. The van der Waals surface area contributed by atoms with Gasteiger partial charge in [-0.2, -0.15) is 16.9 Å². The van der Waals surface area contributed by atoms with Gasteiger partial charge in [-0.05, 0) is 50.5 Å². The van der Waals surface area contributed by atoms with Gasteiger partial charge in [0.1, 0.15) is 22.8 Å². The molecule has 1 atom stereocenters. The van der Waals surface area contributed by atoms with Crippen molar-refractivity contribution in [1.82, 2.24) is 9.78 Å². The maximum absolute atomic E-state index is 14.6. The molecule has 0 radical (unpaired) electrons. The van der Waals surface area contributed by atoms with Crippen molar-refractivity contribution in [3.8, 4) is 5.69 Å². The van der Waals surface area contributed by atoms with Crippen molar-refractivity contribution in [1.29, 1.82) is 0 Å². The van der Waals surface area contributed by atoms with Crippen LogP contribution in [0.15, 0.2) is 12.1 Å². The Morgan fingerprint density at radius 1 is 1.37 bits per heavy atom. The number of esters is 1. The molecule has 1 aliphatic carbocycles. The van der Waals surface area contributed by atoms with Crippen molar-refractivity contribution in [2.45, 2.75) is 45.6 Å². The van der Waals surface area contributed by atoms with E-state index in [0.29, 0.717) is 10.9 Å². The van der Waals surface area contributed by atoms with Crippen molar-refractivity contribution >= 4 is 40.9 Å². The summed E-state index contributed by atoms with van der Waals surface area (Å²) in [4.78, 5) is 12.5. The Balaban J connectivity index is 1.93. The molecule has 1 aromatic heterocycles. The summed E-state index contributed by atoms with van der Waals surface area (Å²) in [5.41, 5.74) is 2.04. The molecule has 0 spiro atoms. The molecule has 8 heteroatoms. The average molecular weight is 431 g/mol. The number of rotatable bonds is 6. The van der Waals surface area contributed by atoms with Gasteiger partial charge in [0.05, 0.1) is 16.3 Å². The minimum Gasteiger partial charge on any atom is -0.458 e. The number of hydrogen-bond donors (Lipinski definition) is 0. The van der Waals surface area contributed by atoms with Crippen LogP contribution < -0.4 is 0 Å². The highest BCUT2D eigenvalue weighted by Crippen LogP contribution is 2.32. The zero-order valence-corrected chi connectivity index (χ0v) is 17.6. The first-order valence-electron chi connectivity index (χ1n) is 8.96. The molecule has 2 aromatic rings. The van der Waals surface area contributed by atoms with Gasteiger partial charge < -0.3 is 4.74 Å². The van der Waals surface area contributed by atoms with Gasteiger partial charge in [0.25, 0.3) is 0 Å². The van der Waals surface area contributed by atoms with Gasteiger partial charge in [0.2, 0.25) is 0 Å². The number of aryl methyl sites for hydroxylation is 1. The lowest BCUT2D eigenvalue weighted by Crippen LogP contribution is -2.18. The molecule has 4 nitrogen and oxygen atoms in total. The number of thioether (sulfide) groups is 1. The number of aromatic nitrogens is 2. The Morgan fingerprint density at radius 2 is 2.11 bits per heavy atom. The molecule has 1 heterocycles. The lowest BCUT2D eigenvalue weighted by atomic mass is 9.99. The van der Waals surface area contributed by atoms with Gasteiger partial charge in [0.15, 0.2) is 0 Å². The SMILES string of the molecule is CCSCC(C)OC(=O)c1cc(-n2nc3c(c2Cl)CCCC3)c(F)cc1Cl. The van der Waals surface area contributed by atoms with Crippen molar-refractivity contribution in [2.24, 2.45) is 0 Å². The summed E-state index contributed by atoms with van der Waals surface area (Å²) in [6.07, 6.45) is 3.44. The van der Waals surface area contributed by atoms with Gasteiger partial charge in [-0.3, -0.25) is 0 Å². The average Bonchev–Trinajstić information content (AvgIpc) is 2.97. The van der Waals surface area contributed by atoms with Crippen molar-refractivity contribution in [3.05, 3.63) is 44.9 Å². The monoisotopic (exact) mass is 430 g/mol. The zero-order chi connectivity index (χ0) is 19.6. The van der Waals surface area contributed by atoms with E-state index < -0.39 is 11.8 Å². The minimum absolute atomic E-state index is 0.00429. The predicted octanol–water partition coefficient (Wildman–Crippen LogP) is 5.50. The molecule has 0 amide bonds. The number of nitrogens with zero attached hydrogens (tertiary/aromatic N) is 2. The molecular weight excluding hydrogens is 410 g/mol. The summed E-state index contributed by atoms with van der Waals surface area (Å²) in [6, 6.07) is 2.47. The normalized spacial score (nSPS) is 14.7. The molecule has 1 aliphatic rings. The second-order valence-corrected chi connectivity index (χ2v) is 8.58. The lowest BCUT2D eigenvalue weighted by molar-refractivity contribution is 0.0386. The van der Waals surface area contributed by atoms with Crippen LogP contribution in [0.2, 0.25) is 10.2 Å². The molecule has 0 saturated heterocycles. The molecule has 0 fully saturated rings. The first-order chi connectivity index (χ1) is 12.9. The molecule has 146 valence electrons. The van der Waals surface area contributed by atoms with E-state index in [0.717, 1.165) is 48.8 Å². The predicted molar refractivity (Wildman–Crippen MR) is 108 cm³/mol. The third-order valence-corrected chi connectivity index (χ3v) is 6.26. The summed E-state index contributed by atoms with van der Waals surface area (Å²) in [7, 11) is 0. The molecule has 27 heavy (non-hydrogen) atoms. The van der Waals surface area contributed by atoms with Crippen molar-refractivity contribution in [3.63, 3.8) is 0 Å². The Bertz CT molecular complexity index is 857. The van der Waals surface area contributed by atoms with Crippen LogP contribution in [-0.2, 0) is 17.6 Å². The van der Waals surface area contributed by atoms with E-state index in [1.54, 1.807) is 11.8 Å². The van der Waals surface area contributed by atoms with Crippen LogP contribution in [0.1, 0.15) is 48.3 Å². The molecular formula is C19H21Cl2FN2O2S. The highest BCUT2D eigenvalue weighted by Gasteiger charge is 2.24. The fraction of sp³-hybridized carbons (Fsp3) is 0.474. The largest absolute Gasteiger partial charge is 0.458 e. The highest BCUT2D eigenvalue weighted by molar-refractivity contribution is 7.99. The summed E-state index contributed by atoms with van der Waals surface area (Å²) in [5.74, 6) is 0.448. The second kappa shape index (κ2) is 8.84. The third-order valence-electron chi connectivity index (χ3n) is 4.44. The van der Waals surface area contributed by atoms with Gasteiger partial charge in [-0.25, -0.2) is 13.9 Å². The Morgan fingerprint density at radius 3 is 2.81 bits per heavy atom. The van der Waals surface area contributed by atoms with E-state index in [-0.39, 0.29) is 22.4 Å².